The van der Waals surface area contributed by atoms with Crippen molar-refractivity contribution in [3.8, 4) is 17.1 Å². The zero-order valence-electron chi connectivity index (χ0n) is 16.7. The number of aromatic nitrogens is 7. The molecule has 0 aliphatic carbocycles. The molecule has 0 fully saturated rings. The zero-order chi connectivity index (χ0) is 21.8. The van der Waals surface area contributed by atoms with Crippen molar-refractivity contribution in [2.45, 2.75) is 22.3 Å². The summed E-state index contributed by atoms with van der Waals surface area (Å²) >= 11 is 1.46. The minimum Gasteiger partial charge on any atom is -0.298 e. The molecule has 11 heteroatoms. The lowest BCUT2D eigenvalue weighted by molar-refractivity contribution is 0.602. The van der Waals surface area contributed by atoms with Crippen molar-refractivity contribution >= 4 is 21.6 Å². The number of benzene rings is 2. The van der Waals surface area contributed by atoms with E-state index in [0.29, 0.717) is 23.8 Å². The molecule has 0 spiro atoms. The molecule has 31 heavy (non-hydrogen) atoms. The molecule has 0 atom stereocenters. The summed E-state index contributed by atoms with van der Waals surface area (Å²) in [5, 5.41) is 21.3. The highest BCUT2D eigenvalue weighted by Gasteiger charge is 2.16. The lowest BCUT2D eigenvalue weighted by atomic mass is 10.2. The van der Waals surface area contributed by atoms with E-state index < -0.39 is 9.84 Å². The van der Waals surface area contributed by atoms with Crippen LogP contribution in [0.1, 0.15) is 5.82 Å². The molecule has 0 radical (unpaired) electrons. The van der Waals surface area contributed by atoms with Gasteiger partial charge >= 0.3 is 0 Å². The van der Waals surface area contributed by atoms with Crippen LogP contribution in [0.25, 0.3) is 17.1 Å². The fraction of sp³-hybridized carbons (Fsp3) is 0.150. The molecule has 0 unspecified atom stereocenters. The van der Waals surface area contributed by atoms with Crippen LogP contribution >= 0.6 is 11.8 Å². The Kier molecular flexibility index (Phi) is 5.96. The van der Waals surface area contributed by atoms with Gasteiger partial charge in [0.1, 0.15) is 0 Å². The second-order valence-corrected chi connectivity index (χ2v) is 9.59. The van der Waals surface area contributed by atoms with E-state index in [1.165, 1.54) is 30.2 Å². The van der Waals surface area contributed by atoms with Gasteiger partial charge in [-0.3, -0.25) is 4.57 Å². The number of sulfone groups is 1. The van der Waals surface area contributed by atoms with Gasteiger partial charge in [0.15, 0.2) is 26.6 Å². The first-order valence-electron chi connectivity index (χ1n) is 9.27. The number of thioether (sulfide) groups is 1. The molecule has 0 amide bonds. The Labute approximate surface area is 183 Å². The molecule has 4 aromatic rings. The first kappa shape index (κ1) is 20.9. The Morgan fingerprint density at radius 3 is 2.45 bits per heavy atom. The quantitative estimate of drug-likeness (QED) is 0.296. The molecule has 0 N–H and O–H groups in total. The number of tetrazole rings is 1. The highest BCUT2D eigenvalue weighted by Crippen LogP contribution is 2.26. The molecule has 0 saturated carbocycles. The normalized spacial score (nSPS) is 11.5. The van der Waals surface area contributed by atoms with Crippen LogP contribution in [-0.2, 0) is 22.1 Å². The predicted molar refractivity (Wildman–Crippen MR) is 117 cm³/mol. The van der Waals surface area contributed by atoms with Gasteiger partial charge in [-0.2, -0.15) is 4.68 Å². The van der Waals surface area contributed by atoms with Crippen LogP contribution in [0.3, 0.4) is 0 Å². The van der Waals surface area contributed by atoms with Crippen LogP contribution in [0.4, 0.5) is 0 Å². The van der Waals surface area contributed by atoms with Gasteiger partial charge in [-0.1, -0.05) is 48.2 Å². The maximum atomic E-state index is 11.7. The summed E-state index contributed by atoms with van der Waals surface area (Å²) in [4.78, 5) is 0.242. The van der Waals surface area contributed by atoms with Crippen molar-refractivity contribution < 1.29 is 8.42 Å². The van der Waals surface area contributed by atoms with Crippen LogP contribution < -0.4 is 0 Å². The maximum absolute atomic E-state index is 11.7. The van der Waals surface area contributed by atoms with Gasteiger partial charge in [-0.05, 0) is 34.7 Å². The molecular weight excluding hydrogens is 434 g/mol. The first-order chi connectivity index (χ1) is 15.0. The van der Waals surface area contributed by atoms with Crippen LogP contribution in [0.2, 0.25) is 0 Å². The van der Waals surface area contributed by atoms with Crippen LogP contribution in [-0.4, -0.2) is 49.6 Å². The molecule has 0 saturated heterocycles. The van der Waals surface area contributed by atoms with E-state index in [1.807, 2.05) is 34.9 Å². The molecule has 2 heterocycles. The highest BCUT2D eigenvalue weighted by molar-refractivity contribution is 7.98. The summed E-state index contributed by atoms with van der Waals surface area (Å²) in [6.45, 7) is 4.40. The van der Waals surface area contributed by atoms with Crippen molar-refractivity contribution in [1.82, 2.24) is 35.0 Å². The van der Waals surface area contributed by atoms with E-state index in [4.69, 9.17) is 0 Å². The molecular formula is C20H19N7O2S2. The van der Waals surface area contributed by atoms with E-state index >= 15 is 0 Å². The second-order valence-electron chi connectivity index (χ2n) is 6.63. The topological polar surface area (TPSA) is 108 Å². The Balaban J connectivity index is 1.57. The van der Waals surface area contributed by atoms with Crippen LogP contribution in [0.5, 0.6) is 0 Å². The number of rotatable bonds is 8. The molecule has 0 bridgehead atoms. The smallest absolute Gasteiger partial charge is 0.192 e. The molecule has 158 valence electrons. The van der Waals surface area contributed by atoms with Crippen molar-refractivity contribution in [3.63, 3.8) is 0 Å². The van der Waals surface area contributed by atoms with Gasteiger partial charge in [0.05, 0.1) is 16.3 Å². The zero-order valence-corrected chi connectivity index (χ0v) is 18.3. The van der Waals surface area contributed by atoms with Gasteiger partial charge in [-0.25, -0.2) is 8.42 Å². The van der Waals surface area contributed by atoms with Gasteiger partial charge in [-0.15, -0.1) is 21.9 Å². The lowest BCUT2D eigenvalue weighted by Gasteiger charge is -2.08. The van der Waals surface area contributed by atoms with Crippen molar-refractivity contribution in [3.05, 3.63) is 73.1 Å². The minimum absolute atomic E-state index is 0.242. The summed E-state index contributed by atoms with van der Waals surface area (Å²) in [5.41, 5.74) is 1.64. The molecule has 2 aromatic carbocycles. The lowest BCUT2D eigenvalue weighted by Crippen LogP contribution is -2.05. The SMILES string of the molecule is C=CCn1c(SCc2nnnn2-c2ccc(S(C)(=O)=O)cc2)nnc1-c1ccccc1. The average molecular weight is 454 g/mol. The third-order valence-corrected chi connectivity index (χ3v) is 6.53. The molecule has 9 nitrogen and oxygen atoms in total. The average Bonchev–Trinajstić information content (AvgIpc) is 3.40. The van der Waals surface area contributed by atoms with Gasteiger partial charge < -0.3 is 0 Å². The Bertz CT molecular complexity index is 1300. The van der Waals surface area contributed by atoms with Gasteiger partial charge in [0, 0.05) is 18.4 Å². The fourth-order valence-electron chi connectivity index (χ4n) is 2.95. The standard InChI is InChI=1S/C20H19N7O2S2/c1-3-13-26-19(15-7-5-4-6-8-15)22-23-20(26)30-14-18-21-24-25-27(18)16-9-11-17(12-10-16)31(2,28)29/h3-12H,1,13-14H2,2H3. The minimum atomic E-state index is -3.27. The third kappa shape index (κ3) is 4.57. The van der Waals surface area contributed by atoms with Gasteiger partial charge in [0.25, 0.3) is 0 Å². The van der Waals surface area contributed by atoms with E-state index in [9.17, 15) is 8.42 Å². The molecule has 2 aromatic heterocycles. The van der Waals surface area contributed by atoms with E-state index in [2.05, 4.69) is 32.3 Å². The molecule has 0 aliphatic rings. The predicted octanol–water partition coefficient (Wildman–Crippen LogP) is 2.80. The van der Waals surface area contributed by atoms with Gasteiger partial charge in [0.2, 0.25) is 0 Å². The summed E-state index contributed by atoms with van der Waals surface area (Å²) in [6, 6.07) is 16.3. The maximum Gasteiger partial charge on any atom is 0.192 e. The third-order valence-electron chi connectivity index (χ3n) is 4.43. The Morgan fingerprint density at radius 2 is 1.77 bits per heavy atom. The van der Waals surface area contributed by atoms with Crippen LogP contribution in [0.15, 0.2) is 77.3 Å². The van der Waals surface area contributed by atoms with Crippen LogP contribution in [0, 0.1) is 0 Å². The fourth-order valence-corrected chi connectivity index (χ4v) is 4.43. The van der Waals surface area contributed by atoms with E-state index in [-0.39, 0.29) is 4.90 Å². The first-order valence-corrected chi connectivity index (χ1v) is 12.1. The second kappa shape index (κ2) is 8.82. The monoisotopic (exact) mass is 453 g/mol. The van der Waals surface area contributed by atoms with Crippen molar-refractivity contribution in [1.29, 1.82) is 0 Å². The van der Waals surface area contributed by atoms with E-state index in [0.717, 1.165) is 16.5 Å². The molecule has 4 rings (SSSR count). The summed E-state index contributed by atoms with van der Waals surface area (Å²) in [7, 11) is -3.27. The summed E-state index contributed by atoms with van der Waals surface area (Å²) < 4.78 is 26.9. The largest absolute Gasteiger partial charge is 0.298 e. The summed E-state index contributed by atoms with van der Waals surface area (Å²) in [5.74, 6) is 1.82. The van der Waals surface area contributed by atoms with Crippen molar-refractivity contribution in [2.24, 2.45) is 0 Å². The number of allylic oxidation sites excluding steroid dienone is 1. The Morgan fingerprint density at radius 1 is 1.03 bits per heavy atom. The Hall–Kier alpha value is -3.31. The number of nitrogens with zero attached hydrogens (tertiary/aromatic N) is 7. The number of hydrogen-bond acceptors (Lipinski definition) is 8. The van der Waals surface area contributed by atoms with E-state index in [1.54, 1.807) is 22.9 Å². The summed E-state index contributed by atoms with van der Waals surface area (Å²) in [6.07, 6.45) is 2.97. The highest BCUT2D eigenvalue weighted by atomic mass is 32.2. The van der Waals surface area contributed by atoms with Crippen molar-refractivity contribution in [2.75, 3.05) is 6.26 Å². The number of hydrogen-bond donors (Lipinski definition) is 0. The molecule has 0 aliphatic heterocycles.